The maximum atomic E-state index is 3.79. The van der Waals surface area contributed by atoms with E-state index in [2.05, 4.69) is 182 Å². The highest BCUT2D eigenvalue weighted by Crippen LogP contribution is 2.50. The predicted octanol–water partition coefficient (Wildman–Crippen LogP) is 9.45. The van der Waals surface area contributed by atoms with Crippen molar-refractivity contribution in [2.75, 3.05) is 0 Å². The number of hydrogen-bond donors (Lipinski definition) is 3. The zero-order valence-corrected chi connectivity index (χ0v) is 29.7. The first-order valence-electron chi connectivity index (χ1n) is 18.7. The highest BCUT2D eigenvalue weighted by Gasteiger charge is 2.47. The molecule has 6 aromatic carbocycles. The van der Waals surface area contributed by atoms with Gasteiger partial charge in [0.05, 0.1) is 16.6 Å². The van der Waals surface area contributed by atoms with Gasteiger partial charge in [-0.25, -0.2) is 0 Å². The summed E-state index contributed by atoms with van der Waals surface area (Å²) >= 11 is 0. The molecule has 3 heteroatoms. The van der Waals surface area contributed by atoms with Gasteiger partial charge in [-0.1, -0.05) is 146 Å². The summed E-state index contributed by atoms with van der Waals surface area (Å²) in [4.78, 5) is 0. The van der Waals surface area contributed by atoms with Crippen molar-refractivity contribution in [1.29, 1.82) is 0 Å². The molecule has 12 rings (SSSR count). The summed E-state index contributed by atoms with van der Waals surface area (Å²) in [6.45, 7) is 6.93. The van der Waals surface area contributed by atoms with Gasteiger partial charge in [-0.3, -0.25) is 16.0 Å². The number of nitrogens with one attached hydrogen (secondary N) is 3. The minimum Gasteiger partial charge on any atom is -0.297 e. The van der Waals surface area contributed by atoms with E-state index < -0.39 is 0 Å². The molecule has 0 saturated heterocycles. The van der Waals surface area contributed by atoms with Crippen molar-refractivity contribution < 1.29 is 0 Å². The minimum absolute atomic E-state index is 0.0100. The van der Waals surface area contributed by atoms with E-state index in [4.69, 9.17) is 0 Å². The van der Waals surface area contributed by atoms with E-state index >= 15 is 0 Å². The van der Waals surface area contributed by atoms with Crippen LogP contribution in [0.5, 0.6) is 0 Å². The van der Waals surface area contributed by atoms with Crippen LogP contribution in [-0.4, -0.2) is 0 Å². The summed E-state index contributed by atoms with van der Waals surface area (Å²) in [6.07, 6.45) is 3.34. The third-order valence-electron chi connectivity index (χ3n) is 13.0. The lowest BCUT2D eigenvalue weighted by Gasteiger charge is -2.34. The topological polar surface area (TPSA) is 36.1 Å². The molecule has 6 heterocycles. The van der Waals surface area contributed by atoms with Crippen LogP contribution < -0.4 is 16.0 Å². The molecule has 3 nitrogen and oxygen atoms in total. The van der Waals surface area contributed by atoms with Crippen molar-refractivity contribution in [2.24, 2.45) is 0 Å². The first kappa shape index (κ1) is 31.0. The molecular weight excluding hydrogens is 619 g/mol. The Hall–Kier alpha value is -4.80. The van der Waals surface area contributed by atoms with Crippen molar-refractivity contribution in [3.63, 3.8) is 0 Å². The third kappa shape index (κ3) is 4.55. The first-order valence-corrected chi connectivity index (χ1v) is 18.7. The van der Waals surface area contributed by atoms with Gasteiger partial charge in [0.1, 0.15) is 0 Å². The highest BCUT2D eigenvalue weighted by atomic mass is 15.1. The molecule has 6 atom stereocenters. The molecule has 0 unspecified atom stereocenters. The Morgan fingerprint density at radius 1 is 0.333 bits per heavy atom. The zero-order valence-electron chi connectivity index (χ0n) is 29.7. The van der Waals surface area contributed by atoms with E-state index in [1.54, 1.807) is 0 Å². The molecule has 6 bridgehead atoms. The van der Waals surface area contributed by atoms with Crippen LogP contribution in [0.1, 0.15) is 106 Å². The quantitative estimate of drug-likeness (QED) is 0.152. The van der Waals surface area contributed by atoms with Crippen molar-refractivity contribution in [1.82, 2.24) is 16.0 Å². The third-order valence-corrected chi connectivity index (χ3v) is 13.0. The van der Waals surface area contributed by atoms with Crippen LogP contribution >= 0.6 is 0 Å². The van der Waals surface area contributed by atoms with Gasteiger partial charge in [-0.05, 0) is 107 Å². The highest BCUT2D eigenvalue weighted by molar-refractivity contribution is 5.56. The van der Waals surface area contributed by atoms with Gasteiger partial charge in [0, 0.05) is 18.1 Å². The molecule has 6 aliphatic rings. The average molecular weight is 664 g/mol. The number of hydrogen-bond acceptors (Lipinski definition) is 3. The van der Waals surface area contributed by atoms with Crippen molar-refractivity contribution >= 4 is 0 Å². The van der Waals surface area contributed by atoms with E-state index in [1.165, 1.54) is 66.8 Å². The van der Waals surface area contributed by atoms with E-state index in [1.807, 2.05) is 0 Å². The second kappa shape index (κ2) is 11.4. The molecule has 0 aromatic heterocycles. The molecule has 252 valence electrons. The summed E-state index contributed by atoms with van der Waals surface area (Å²) in [5.41, 5.74) is 17.6. The normalized spacial score (nSPS) is 28.6. The van der Waals surface area contributed by atoms with Crippen molar-refractivity contribution in [2.45, 2.75) is 74.8 Å². The van der Waals surface area contributed by atoms with E-state index in [0.717, 1.165) is 19.3 Å². The molecule has 0 spiro atoms. The molecule has 6 aliphatic heterocycles. The van der Waals surface area contributed by atoms with Gasteiger partial charge in [-0.2, -0.15) is 0 Å². The monoisotopic (exact) mass is 663 g/mol. The Morgan fingerprint density at radius 2 is 0.569 bits per heavy atom. The predicted molar refractivity (Wildman–Crippen MR) is 207 cm³/mol. The lowest BCUT2D eigenvalue weighted by molar-refractivity contribution is 0.388. The van der Waals surface area contributed by atoms with E-state index in [-0.39, 0.29) is 16.6 Å². The lowest BCUT2D eigenvalue weighted by Crippen LogP contribution is -2.41. The number of fused-ring (bicyclic) bond motifs is 21. The lowest BCUT2D eigenvalue weighted by atomic mass is 9.82. The fraction of sp³-hybridized carbons (Fsp3) is 0.250. The summed E-state index contributed by atoms with van der Waals surface area (Å²) in [5.74, 6) is 0. The summed E-state index contributed by atoms with van der Waals surface area (Å²) in [6, 6.07) is 54.5. The van der Waals surface area contributed by atoms with Crippen LogP contribution in [-0.2, 0) is 35.9 Å². The Bertz CT molecular complexity index is 2030. The van der Waals surface area contributed by atoms with Crippen LogP contribution in [0.2, 0.25) is 0 Å². The second-order valence-electron chi connectivity index (χ2n) is 15.8. The Morgan fingerprint density at radius 3 is 0.863 bits per heavy atom. The molecule has 0 fully saturated rings. The summed E-state index contributed by atoms with van der Waals surface area (Å²) in [5, 5.41) is 11.4. The molecule has 0 radical (unpaired) electrons. The summed E-state index contributed by atoms with van der Waals surface area (Å²) < 4.78 is 0. The fourth-order valence-electron chi connectivity index (χ4n) is 10.6. The zero-order chi connectivity index (χ0) is 34.4. The van der Waals surface area contributed by atoms with Crippen LogP contribution in [0.4, 0.5) is 0 Å². The first-order chi connectivity index (χ1) is 24.9. The largest absolute Gasteiger partial charge is 0.297 e. The maximum Gasteiger partial charge on any atom is 0.0672 e. The molecule has 0 aliphatic carbocycles. The molecular formula is C48H45N3. The van der Waals surface area contributed by atoms with Crippen LogP contribution in [0.3, 0.4) is 0 Å². The minimum atomic E-state index is 0.0100. The molecule has 3 N–H and O–H groups in total. The van der Waals surface area contributed by atoms with E-state index in [9.17, 15) is 0 Å². The van der Waals surface area contributed by atoms with Gasteiger partial charge >= 0.3 is 0 Å². The van der Waals surface area contributed by atoms with Crippen LogP contribution in [0, 0.1) is 0 Å². The maximum absolute atomic E-state index is 3.79. The molecule has 0 amide bonds. The van der Waals surface area contributed by atoms with Gasteiger partial charge in [0.25, 0.3) is 0 Å². The average Bonchev–Trinajstić information content (AvgIpc) is 3.66. The standard InChI is InChI=1S/3C16H15N/c3*1-16-13-8-4-2-6-11(13)10-15(17-16)12-7-3-5-9-14(12)16/h3*2-9,15,17H,10H2,1H3/t3*15-,16+/m000/s1. The van der Waals surface area contributed by atoms with Crippen LogP contribution in [0.15, 0.2) is 146 Å². The van der Waals surface area contributed by atoms with Gasteiger partial charge in [0.2, 0.25) is 0 Å². The Kier molecular flexibility index (Phi) is 6.89. The molecule has 6 aromatic rings. The van der Waals surface area contributed by atoms with E-state index in [0.29, 0.717) is 18.1 Å². The van der Waals surface area contributed by atoms with Gasteiger partial charge < -0.3 is 0 Å². The van der Waals surface area contributed by atoms with Crippen molar-refractivity contribution in [3.05, 3.63) is 212 Å². The summed E-state index contributed by atoms with van der Waals surface area (Å²) in [7, 11) is 0. The number of benzene rings is 6. The molecule has 0 saturated carbocycles. The van der Waals surface area contributed by atoms with Gasteiger partial charge in [-0.15, -0.1) is 0 Å². The van der Waals surface area contributed by atoms with Crippen molar-refractivity contribution in [3.8, 4) is 0 Å². The molecule has 51 heavy (non-hydrogen) atoms. The Labute approximate surface area is 302 Å². The fourth-order valence-corrected chi connectivity index (χ4v) is 10.6. The smallest absolute Gasteiger partial charge is 0.0672 e. The number of rotatable bonds is 0. The second-order valence-corrected chi connectivity index (χ2v) is 15.8. The SMILES string of the molecule is C[C@@]12N[C@@H](Cc3ccccc31)c1ccccc12.C[C@@]12N[C@@H](Cc3ccccc31)c1ccccc12.C[C@@]12N[C@@H](Cc3ccccc31)c1ccccc12. The van der Waals surface area contributed by atoms with Gasteiger partial charge in [0.15, 0.2) is 0 Å². The van der Waals surface area contributed by atoms with Crippen LogP contribution in [0.25, 0.3) is 0 Å². The Balaban J connectivity index is 0.0000000963.